The van der Waals surface area contributed by atoms with Crippen molar-refractivity contribution in [1.29, 1.82) is 0 Å². The van der Waals surface area contributed by atoms with Crippen LogP contribution in [0.25, 0.3) is 0 Å². The third-order valence-corrected chi connectivity index (χ3v) is 1.97. The summed E-state index contributed by atoms with van der Waals surface area (Å²) in [5.74, 6) is 0.820. The Morgan fingerprint density at radius 3 is 2.67 bits per heavy atom. The van der Waals surface area contributed by atoms with Gasteiger partial charge >= 0.3 is 0 Å². The van der Waals surface area contributed by atoms with Crippen LogP contribution in [0.4, 0.5) is 5.69 Å². The van der Waals surface area contributed by atoms with E-state index in [0.717, 1.165) is 11.4 Å². The molecule has 2 nitrogen and oxygen atoms in total. The zero-order chi connectivity index (χ0) is 10.3. The molecule has 1 N–H and O–H groups in total. The van der Waals surface area contributed by atoms with E-state index in [0.29, 0.717) is 6.73 Å². The van der Waals surface area contributed by atoms with Gasteiger partial charge in [-0.3, -0.25) is 0 Å². The summed E-state index contributed by atoms with van der Waals surface area (Å²) < 4.78 is 5.47. The molecule has 2 heteroatoms. The number of hydrogen-bond acceptors (Lipinski definition) is 2. The molecule has 2 aromatic carbocycles. The number of para-hydroxylation sites is 1. The second-order valence-electron chi connectivity index (χ2n) is 3.07. The summed E-state index contributed by atoms with van der Waals surface area (Å²) in [5.41, 5.74) is 1.05. The molecule has 0 aromatic heterocycles. The standard InChI is InChI=1S/C13H12NO/c1-3-7-12(8-4-1)14-11-15-13-9-5-2-6-10-13/h1-5,7-10,14H,11H2. The Balaban J connectivity index is 1.81. The molecule has 0 heterocycles. The summed E-state index contributed by atoms with van der Waals surface area (Å²) in [6.45, 7) is 0.460. The van der Waals surface area contributed by atoms with Crippen LogP contribution in [-0.2, 0) is 0 Å². The molecule has 0 aliphatic heterocycles. The summed E-state index contributed by atoms with van der Waals surface area (Å²) in [6.07, 6.45) is 0. The summed E-state index contributed by atoms with van der Waals surface area (Å²) >= 11 is 0. The Kier molecular flexibility index (Phi) is 3.23. The predicted molar refractivity (Wildman–Crippen MR) is 60.8 cm³/mol. The van der Waals surface area contributed by atoms with Crippen LogP contribution in [0.5, 0.6) is 5.75 Å². The van der Waals surface area contributed by atoms with E-state index >= 15 is 0 Å². The van der Waals surface area contributed by atoms with Gasteiger partial charge in [-0.15, -0.1) is 0 Å². The van der Waals surface area contributed by atoms with Crippen LogP contribution < -0.4 is 10.1 Å². The molecule has 0 saturated carbocycles. The molecule has 0 bridgehead atoms. The number of nitrogens with one attached hydrogen (secondary N) is 1. The molecule has 0 saturated heterocycles. The molecular formula is C13H12NO. The third-order valence-electron chi connectivity index (χ3n) is 1.97. The SMILES string of the molecule is [c]1cccc(OCNc2ccccc2)c1. The summed E-state index contributed by atoms with van der Waals surface area (Å²) in [4.78, 5) is 0. The lowest BCUT2D eigenvalue weighted by Gasteiger charge is -2.08. The van der Waals surface area contributed by atoms with Crippen LogP contribution in [0.3, 0.4) is 0 Å². The van der Waals surface area contributed by atoms with Crippen LogP contribution in [0.1, 0.15) is 0 Å². The maximum absolute atomic E-state index is 5.47. The maximum atomic E-state index is 5.47. The van der Waals surface area contributed by atoms with Crippen molar-refractivity contribution in [3.8, 4) is 5.75 Å². The number of ether oxygens (including phenoxy) is 1. The van der Waals surface area contributed by atoms with E-state index in [1.807, 2.05) is 54.6 Å². The maximum Gasteiger partial charge on any atom is 0.159 e. The molecule has 0 aliphatic carbocycles. The van der Waals surface area contributed by atoms with Crippen LogP contribution in [0, 0.1) is 6.07 Å². The molecule has 0 atom stereocenters. The van der Waals surface area contributed by atoms with Crippen molar-refractivity contribution in [2.45, 2.75) is 0 Å². The molecule has 75 valence electrons. The van der Waals surface area contributed by atoms with E-state index < -0.39 is 0 Å². The third kappa shape index (κ3) is 3.02. The minimum atomic E-state index is 0.460. The summed E-state index contributed by atoms with van der Waals surface area (Å²) in [6, 6.07) is 20.4. The van der Waals surface area contributed by atoms with Gasteiger partial charge in [0.15, 0.2) is 6.73 Å². The molecule has 0 fully saturated rings. The first-order valence-corrected chi connectivity index (χ1v) is 4.83. The lowest BCUT2D eigenvalue weighted by molar-refractivity contribution is 0.347. The highest BCUT2D eigenvalue weighted by atomic mass is 16.5. The quantitative estimate of drug-likeness (QED) is 0.763. The van der Waals surface area contributed by atoms with E-state index in [2.05, 4.69) is 11.4 Å². The fourth-order valence-electron chi connectivity index (χ4n) is 1.23. The van der Waals surface area contributed by atoms with E-state index in [9.17, 15) is 0 Å². The van der Waals surface area contributed by atoms with Gasteiger partial charge in [-0.05, 0) is 30.3 Å². The molecular weight excluding hydrogens is 186 g/mol. The Morgan fingerprint density at radius 2 is 1.93 bits per heavy atom. The van der Waals surface area contributed by atoms with E-state index in [1.165, 1.54) is 0 Å². The largest absolute Gasteiger partial charge is 0.473 e. The highest BCUT2D eigenvalue weighted by molar-refractivity contribution is 5.42. The molecule has 2 aromatic rings. The van der Waals surface area contributed by atoms with Crippen molar-refractivity contribution in [1.82, 2.24) is 0 Å². The average molecular weight is 198 g/mol. The Morgan fingerprint density at radius 1 is 1.07 bits per heavy atom. The highest BCUT2D eigenvalue weighted by Gasteiger charge is 1.91. The lowest BCUT2D eigenvalue weighted by Crippen LogP contribution is -2.08. The smallest absolute Gasteiger partial charge is 0.159 e. The van der Waals surface area contributed by atoms with Crippen molar-refractivity contribution in [3.05, 3.63) is 60.7 Å². The van der Waals surface area contributed by atoms with Gasteiger partial charge in [0, 0.05) is 5.69 Å². The summed E-state index contributed by atoms with van der Waals surface area (Å²) in [7, 11) is 0. The molecule has 0 amide bonds. The molecule has 1 radical (unpaired) electrons. The van der Waals surface area contributed by atoms with Crippen LogP contribution in [0.15, 0.2) is 54.6 Å². The zero-order valence-corrected chi connectivity index (χ0v) is 8.31. The van der Waals surface area contributed by atoms with Gasteiger partial charge < -0.3 is 10.1 Å². The first-order chi connectivity index (χ1) is 7.45. The minimum absolute atomic E-state index is 0.460. The number of rotatable bonds is 4. The normalized spacial score (nSPS) is 9.60. The predicted octanol–water partition coefficient (Wildman–Crippen LogP) is 2.94. The fraction of sp³-hybridized carbons (Fsp3) is 0.0769. The summed E-state index contributed by atoms with van der Waals surface area (Å²) in [5, 5.41) is 3.16. The molecule has 2 rings (SSSR count). The lowest BCUT2D eigenvalue weighted by atomic mass is 10.3. The van der Waals surface area contributed by atoms with Crippen molar-refractivity contribution in [2.75, 3.05) is 12.0 Å². The highest BCUT2D eigenvalue weighted by Crippen LogP contribution is 2.09. The number of benzene rings is 2. The van der Waals surface area contributed by atoms with Gasteiger partial charge in [0.25, 0.3) is 0 Å². The van der Waals surface area contributed by atoms with Crippen LogP contribution in [-0.4, -0.2) is 6.73 Å². The van der Waals surface area contributed by atoms with Gasteiger partial charge in [-0.1, -0.05) is 30.3 Å². The Bertz CT molecular complexity index is 346. The second kappa shape index (κ2) is 5.05. The van der Waals surface area contributed by atoms with Crippen LogP contribution in [0.2, 0.25) is 0 Å². The van der Waals surface area contributed by atoms with Crippen LogP contribution >= 0.6 is 0 Å². The Hall–Kier alpha value is -1.96. The Labute approximate surface area is 89.5 Å². The minimum Gasteiger partial charge on any atom is -0.473 e. The zero-order valence-electron chi connectivity index (χ0n) is 8.31. The van der Waals surface area contributed by atoms with Crippen molar-refractivity contribution >= 4 is 5.69 Å². The van der Waals surface area contributed by atoms with Gasteiger partial charge in [-0.25, -0.2) is 0 Å². The van der Waals surface area contributed by atoms with Gasteiger partial charge in [0.2, 0.25) is 0 Å². The number of anilines is 1. The van der Waals surface area contributed by atoms with E-state index in [4.69, 9.17) is 4.74 Å². The molecule has 0 aliphatic rings. The average Bonchev–Trinajstić information content (AvgIpc) is 2.32. The van der Waals surface area contributed by atoms with E-state index in [1.54, 1.807) is 0 Å². The topological polar surface area (TPSA) is 21.3 Å². The molecule has 0 spiro atoms. The van der Waals surface area contributed by atoms with Gasteiger partial charge in [-0.2, -0.15) is 0 Å². The fourth-order valence-corrected chi connectivity index (χ4v) is 1.23. The van der Waals surface area contributed by atoms with Gasteiger partial charge in [0.1, 0.15) is 5.75 Å². The number of hydrogen-bond donors (Lipinski definition) is 1. The van der Waals surface area contributed by atoms with Crippen molar-refractivity contribution in [2.24, 2.45) is 0 Å². The first kappa shape index (κ1) is 9.59. The van der Waals surface area contributed by atoms with Crippen molar-refractivity contribution < 1.29 is 4.74 Å². The van der Waals surface area contributed by atoms with Gasteiger partial charge in [0.05, 0.1) is 0 Å². The second-order valence-corrected chi connectivity index (χ2v) is 3.07. The molecule has 0 unspecified atom stereocenters. The monoisotopic (exact) mass is 198 g/mol. The van der Waals surface area contributed by atoms with Crippen molar-refractivity contribution in [3.63, 3.8) is 0 Å². The first-order valence-electron chi connectivity index (χ1n) is 4.83. The molecule has 15 heavy (non-hydrogen) atoms. The van der Waals surface area contributed by atoms with E-state index in [-0.39, 0.29) is 0 Å².